The molecule has 152 valence electrons. The molecule has 1 aromatic heterocycles. The molecule has 1 heterocycles. The van der Waals surface area contributed by atoms with E-state index < -0.39 is 0 Å². The number of para-hydroxylation sites is 1. The van der Waals surface area contributed by atoms with Crippen molar-refractivity contribution >= 4 is 23.2 Å². The minimum atomic E-state index is -0.293. The van der Waals surface area contributed by atoms with E-state index in [4.69, 9.17) is 9.47 Å². The van der Waals surface area contributed by atoms with E-state index in [1.165, 1.54) is 4.68 Å². The standard InChI is InChI=1S/C21H25N5O3/c1-4-28-20-11-16(9-10-19(20)29-14-15(2)3)12-22-24-21(27)13-26-18-8-6-5-7-17(18)23-25-26/h5-12,15H,4,13-14H2,1-3H3,(H,24,27)/b22-12-. The Morgan fingerprint density at radius 3 is 2.83 bits per heavy atom. The molecule has 3 aromatic rings. The average molecular weight is 395 g/mol. The molecule has 0 spiro atoms. The number of hydrogen-bond acceptors (Lipinski definition) is 6. The van der Waals surface area contributed by atoms with Gasteiger partial charge in [0.15, 0.2) is 11.5 Å². The third-order valence-corrected chi connectivity index (χ3v) is 3.96. The van der Waals surface area contributed by atoms with E-state index >= 15 is 0 Å². The second-order valence-electron chi connectivity index (χ2n) is 6.87. The fourth-order valence-corrected chi connectivity index (χ4v) is 2.63. The van der Waals surface area contributed by atoms with Crippen LogP contribution in [0.2, 0.25) is 0 Å². The van der Waals surface area contributed by atoms with E-state index in [0.29, 0.717) is 30.6 Å². The van der Waals surface area contributed by atoms with Crippen molar-refractivity contribution in [3.63, 3.8) is 0 Å². The number of hydrazone groups is 1. The van der Waals surface area contributed by atoms with Gasteiger partial charge in [-0.3, -0.25) is 4.79 Å². The first-order valence-electron chi connectivity index (χ1n) is 9.56. The molecular formula is C21H25N5O3. The summed E-state index contributed by atoms with van der Waals surface area (Å²) in [5.41, 5.74) is 4.84. The molecular weight excluding hydrogens is 370 g/mol. The first-order valence-corrected chi connectivity index (χ1v) is 9.56. The van der Waals surface area contributed by atoms with E-state index in [9.17, 15) is 4.79 Å². The predicted octanol–water partition coefficient (Wildman–Crippen LogP) is 3.02. The predicted molar refractivity (Wildman–Crippen MR) is 111 cm³/mol. The van der Waals surface area contributed by atoms with Crippen molar-refractivity contribution in [2.45, 2.75) is 27.3 Å². The summed E-state index contributed by atoms with van der Waals surface area (Å²) < 4.78 is 13.0. The topological polar surface area (TPSA) is 90.6 Å². The number of fused-ring (bicyclic) bond motifs is 1. The normalized spacial score (nSPS) is 11.3. The Balaban J connectivity index is 1.61. The fraction of sp³-hybridized carbons (Fsp3) is 0.333. The number of nitrogens with zero attached hydrogens (tertiary/aromatic N) is 4. The van der Waals surface area contributed by atoms with Gasteiger partial charge in [0.1, 0.15) is 12.1 Å². The molecule has 0 unspecified atom stereocenters. The van der Waals surface area contributed by atoms with Crippen LogP contribution in [0.25, 0.3) is 11.0 Å². The zero-order chi connectivity index (χ0) is 20.6. The first kappa shape index (κ1) is 20.3. The molecule has 0 atom stereocenters. The Hall–Kier alpha value is -3.42. The highest BCUT2D eigenvalue weighted by Crippen LogP contribution is 2.28. The van der Waals surface area contributed by atoms with Gasteiger partial charge in [0, 0.05) is 0 Å². The van der Waals surface area contributed by atoms with Crippen LogP contribution < -0.4 is 14.9 Å². The van der Waals surface area contributed by atoms with Crippen molar-refractivity contribution in [3.05, 3.63) is 48.0 Å². The highest BCUT2D eigenvalue weighted by Gasteiger charge is 2.09. The van der Waals surface area contributed by atoms with Crippen LogP contribution in [0.5, 0.6) is 11.5 Å². The first-order chi connectivity index (χ1) is 14.1. The van der Waals surface area contributed by atoms with Crippen LogP contribution in [0.1, 0.15) is 26.3 Å². The SMILES string of the molecule is CCOc1cc(/C=N\NC(=O)Cn2nnc3ccccc32)ccc1OCC(C)C. The van der Waals surface area contributed by atoms with E-state index in [1.54, 1.807) is 6.21 Å². The van der Waals surface area contributed by atoms with E-state index in [1.807, 2.05) is 49.4 Å². The lowest BCUT2D eigenvalue weighted by Gasteiger charge is -2.13. The number of hydrogen-bond donors (Lipinski definition) is 1. The van der Waals surface area contributed by atoms with Gasteiger partial charge in [-0.05, 0) is 48.7 Å². The van der Waals surface area contributed by atoms with Crippen LogP contribution in [-0.2, 0) is 11.3 Å². The highest BCUT2D eigenvalue weighted by atomic mass is 16.5. The molecule has 1 N–H and O–H groups in total. The summed E-state index contributed by atoms with van der Waals surface area (Å²) in [6.07, 6.45) is 1.56. The molecule has 0 fully saturated rings. The number of rotatable bonds is 9. The Bertz CT molecular complexity index is 997. The van der Waals surface area contributed by atoms with Crippen molar-refractivity contribution in [1.82, 2.24) is 20.4 Å². The minimum absolute atomic E-state index is 0.0318. The van der Waals surface area contributed by atoms with Crippen molar-refractivity contribution in [3.8, 4) is 11.5 Å². The lowest BCUT2D eigenvalue weighted by atomic mass is 10.2. The quantitative estimate of drug-likeness (QED) is 0.444. The van der Waals surface area contributed by atoms with Crippen LogP contribution in [0.4, 0.5) is 0 Å². The monoisotopic (exact) mass is 395 g/mol. The van der Waals surface area contributed by atoms with Gasteiger partial charge in [0.05, 0.1) is 24.9 Å². The number of aromatic nitrogens is 3. The van der Waals surface area contributed by atoms with Crippen molar-refractivity contribution in [2.75, 3.05) is 13.2 Å². The number of benzene rings is 2. The molecule has 0 bridgehead atoms. The summed E-state index contributed by atoms with van der Waals surface area (Å²) in [6.45, 7) is 7.27. The number of ether oxygens (including phenoxy) is 2. The average Bonchev–Trinajstić information content (AvgIpc) is 3.10. The molecule has 0 saturated heterocycles. The zero-order valence-corrected chi connectivity index (χ0v) is 16.8. The Morgan fingerprint density at radius 2 is 2.03 bits per heavy atom. The Kier molecular flexibility index (Phi) is 6.78. The van der Waals surface area contributed by atoms with Crippen LogP contribution in [0, 0.1) is 5.92 Å². The lowest BCUT2D eigenvalue weighted by Crippen LogP contribution is -2.23. The van der Waals surface area contributed by atoms with Crippen LogP contribution >= 0.6 is 0 Å². The summed E-state index contributed by atoms with van der Waals surface area (Å²) in [5.74, 6) is 1.47. The molecule has 0 aliphatic rings. The highest BCUT2D eigenvalue weighted by molar-refractivity contribution is 5.84. The molecule has 8 nitrogen and oxygen atoms in total. The molecule has 29 heavy (non-hydrogen) atoms. The van der Waals surface area contributed by atoms with Gasteiger partial charge in [0.2, 0.25) is 0 Å². The summed E-state index contributed by atoms with van der Waals surface area (Å²) in [4.78, 5) is 12.2. The summed E-state index contributed by atoms with van der Waals surface area (Å²) >= 11 is 0. The number of nitrogens with one attached hydrogen (secondary N) is 1. The van der Waals surface area contributed by atoms with Crippen LogP contribution in [-0.4, -0.2) is 40.3 Å². The van der Waals surface area contributed by atoms with Crippen molar-refractivity contribution in [1.29, 1.82) is 0 Å². The number of amides is 1. The molecule has 0 aliphatic carbocycles. The Labute approximate surface area is 169 Å². The van der Waals surface area contributed by atoms with Gasteiger partial charge in [0.25, 0.3) is 5.91 Å². The third kappa shape index (κ3) is 5.54. The molecule has 3 rings (SSSR count). The van der Waals surface area contributed by atoms with Crippen molar-refractivity contribution in [2.24, 2.45) is 11.0 Å². The molecule has 2 aromatic carbocycles. The van der Waals surface area contributed by atoms with E-state index in [-0.39, 0.29) is 12.5 Å². The van der Waals surface area contributed by atoms with Crippen LogP contribution in [0.3, 0.4) is 0 Å². The number of carbonyl (C=O) groups is 1. The smallest absolute Gasteiger partial charge is 0.261 e. The second-order valence-corrected chi connectivity index (χ2v) is 6.87. The van der Waals surface area contributed by atoms with Gasteiger partial charge < -0.3 is 9.47 Å². The van der Waals surface area contributed by atoms with Crippen LogP contribution in [0.15, 0.2) is 47.6 Å². The van der Waals surface area contributed by atoms with Gasteiger partial charge in [-0.2, -0.15) is 5.10 Å². The second kappa shape index (κ2) is 9.68. The maximum atomic E-state index is 12.2. The minimum Gasteiger partial charge on any atom is -0.490 e. The summed E-state index contributed by atoms with van der Waals surface area (Å²) in [6, 6.07) is 13.0. The molecule has 0 saturated carbocycles. The Morgan fingerprint density at radius 1 is 1.21 bits per heavy atom. The fourth-order valence-electron chi connectivity index (χ4n) is 2.63. The van der Waals surface area contributed by atoms with Gasteiger partial charge in [-0.1, -0.05) is 31.2 Å². The molecule has 0 aliphatic heterocycles. The maximum absolute atomic E-state index is 12.2. The maximum Gasteiger partial charge on any atom is 0.261 e. The van der Waals surface area contributed by atoms with Gasteiger partial charge >= 0.3 is 0 Å². The van der Waals surface area contributed by atoms with Gasteiger partial charge in [-0.15, -0.1) is 5.10 Å². The molecule has 1 amide bonds. The molecule has 0 radical (unpaired) electrons. The number of carbonyl (C=O) groups excluding carboxylic acids is 1. The summed E-state index contributed by atoms with van der Waals surface area (Å²) in [5, 5.41) is 12.1. The van der Waals surface area contributed by atoms with Crippen molar-refractivity contribution < 1.29 is 14.3 Å². The largest absolute Gasteiger partial charge is 0.490 e. The third-order valence-electron chi connectivity index (χ3n) is 3.96. The lowest BCUT2D eigenvalue weighted by molar-refractivity contribution is -0.121. The van der Waals surface area contributed by atoms with Gasteiger partial charge in [-0.25, -0.2) is 10.1 Å². The molecule has 8 heteroatoms. The van der Waals surface area contributed by atoms with E-state index in [0.717, 1.165) is 16.6 Å². The van der Waals surface area contributed by atoms with E-state index in [2.05, 4.69) is 34.7 Å². The summed E-state index contributed by atoms with van der Waals surface area (Å²) in [7, 11) is 0. The zero-order valence-electron chi connectivity index (χ0n) is 16.8.